The molecule has 0 saturated heterocycles. The zero-order chi connectivity index (χ0) is 16.3. The number of fused-ring (bicyclic) bond motifs is 1. The van der Waals surface area contributed by atoms with Crippen LogP contribution in [-0.2, 0) is 0 Å². The quantitative estimate of drug-likeness (QED) is 0.774. The maximum atomic E-state index is 13.0. The fourth-order valence-corrected chi connectivity index (χ4v) is 3.60. The highest BCUT2D eigenvalue weighted by atomic mass is 32.1. The number of ether oxygens (including phenoxy) is 1. The lowest BCUT2D eigenvalue weighted by Crippen LogP contribution is -2.42. The van der Waals surface area contributed by atoms with E-state index in [-0.39, 0.29) is 5.43 Å². The first-order chi connectivity index (χ1) is 10.5. The normalized spacial score (nSPS) is 13.9. The molecule has 0 aliphatic heterocycles. The van der Waals surface area contributed by atoms with Crippen molar-refractivity contribution in [2.45, 2.75) is 52.6 Å². The van der Waals surface area contributed by atoms with E-state index in [4.69, 9.17) is 4.74 Å². The number of methoxy groups -OCH3 is 1. The Labute approximate surface area is 136 Å². The van der Waals surface area contributed by atoms with Gasteiger partial charge in [-0.25, -0.2) is 0 Å². The van der Waals surface area contributed by atoms with Crippen molar-refractivity contribution < 1.29 is 4.74 Å². The molecule has 1 aromatic carbocycles. The van der Waals surface area contributed by atoms with Gasteiger partial charge in [0.15, 0.2) is 0 Å². The minimum Gasteiger partial charge on any atom is -0.497 e. The molecule has 1 aromatic heterocycles. The predicted octanol–water partition coefficient (Wildman–Crippen LogP) is 4.67. The zero-order valence-electron chi connectivity index (χ0n) is 14.1. The third-order valence-corrected chi connectivity index (χ3v) is 5.32. The van der Waals surface area contributed by atoms with Crippen LogP contribution in [-0.4, -0.2) is 19.2 Å². The smallest absolute Gasteiger partial charge is 0.211 e. The molecule has 2 rings (SSSR count). The molecule has 0 radical (unpaired) electrons. The summed E-state index contributed by atoms with van der Waals surface area (Å²) in [5, 5.41) is 2.76. The monoisotopic (exact) mass is 319 g/mol. The topological polar surface area (TPSA) is 29.5 Å². The van der Waals surface area contributed by atoms with Gasteiger partial charge in [0.2, 0.25) is 5.43 Å². The first-order valence-electron chi connectivity index (χ1n) is 7.91. The first kappa shape index (κ1) is 16.8. The molecular formula is C18H25NO2S. The molecule has 0 aliphatic carbocycles. The summed E-state index contributed by atoms with van der Waals surface area (Å²) in [5.41, 5.74) is 0.919. The molecule has 0 amide bonds. The molecule has 0 bridgehead atoms. The third-order valence-electron chi connectivity index (χ3n) is 4.37. The molecule has 3 nitrogen and oxygen atoms in total. The van der Waals surface area contributed by atoms with Gasteiger partial charge in [-0.1, -0.05) is 13.8 Å². The van der Waals surface area contributed by atoms with E-state index in [1.807, 2.05) is 23.6 Å². The Kier molecular flexibility index (Phi) is 5.46. The largest absolute Gasteiger partial charge is 0.497 e. The second-order valence-electron chi connectivity index (χ2n) is 5.73. The van der Waals surface area contributed by atoms with Gasteiger partial charge in [0.25, 0.3) is 0 Å². The Morgan fingerprint density at radius 3 is 2.36 bits per heavy atom. The Morgan fingerprint density at radius 2 is 1.82 bits per heavy atom. The number of benzene rings is 1. The van der Waals surface area contributed by atoms with Crippen molar-refractivity contribution in [1.29, 1.82) is 0 Å². The fourth-order valence-electron chi connectivity index (χ4n) is 2.71. The number of hydrogen-bond donors (Lipinski definition) is 0. The van der Waals surface area contributed by atoms with Gasteiger partial charge in [-0.2, -0.15) is 0 Å². The highest BCUT2D eigenvalue weighted by Gasteiger charge is 2.21. The Bertz CT molecular complexity index is 685. The summed E-state index contributed by atoms with van der Waals surface area (Å²) in [6.07, 6.45) is 2.04. The summed E-state index contributed by atoms with van der Waals surface area (Å²) in [6.45, 7) is 8.70. The fraction of sp³-hybridized carbons (Fsp3) is 0.500. The number of hydrogen-bond acceptors (Lipinski definition) is 4. The van der Waals surface area contributed by atoms with Crippen molar-refractivity contribution in [3.8, 4) is 5.75 Å². The molecule has 0 spiro atoms. The maximum absolute atomic E-state index is 13.0. The Balaban J connectivity index is 2.62. The van der Waals surface area contributed by atoms with Crippen LogP contribution in [0.3, 0.4) is 0 Å². The van der Waals surface area contributed by atoms with Crippen LogP contribution in [0.15, 0.2) is 28.4 Å². The summed E-state index contributed by atoms with van der Waals surface area (Å²) in [4.78, 5) is 15.3. The van der Waals surface area contributed by atoms with E-state index in [2.05, 4.69) is 32.6 Å². The van der Waals surface area contributed by atoms with Crippen LogP contribution in [0.2, 0.25) is 0 Å². The SMILES string of the molecule is CC[C@@H](C)N(c1csc2ccc(OC)cc2c1=O)[C@H](C)CC. The molecule has 1 heterocycles. The van der Waals surface area contributed by atoms with Crippen molar-refractivity contribution in [3.63, 3.8) is 0 Å². The van der Waals surface area contributed by atoms with E-state index in [0.717, 1.165) is 34.4 Å². The Morgan fingerprint density at radius 1 is 1.18 bits per heavy atom. The van der Waals surface area contributed by atoms with Gasteiger partial charge in [-0.05, 0) is 44.9 Å². The van der Waals surface area contributed by atoms with Crippen LogP contribution >= 0.6 is 11.3 Å². The summed E-state index contributed by atoms with van der Waals surface area (Å²) in [7, 11) is 1.63. The van der Waals surface area contributed by atoms with Crippen molar-refractivity contribution in [3.05, 3.63) is 33.8 Å². The maximum Gasteiger partial charge on any atom is 0.211 e. The summed E-state index contributed by atoms with van der Waals surface area (Å²) >= 11 is 1.62. The van der Waals surface area contributed by atoms with Crippen molar-refractivity contribution in [1.82, 2.24) is 0 Å². The van der Waals surface area contributed by atoms with Crippen LogP contribution < -0.4 is 15.1 Å². The molecule has 22 heavy (non-hydrogen) atoms. The lowest BCUT2D eigenvalue weighted by molar-refractivity contribution is 0.415. The van der Waals surface area contributed by atoms with Gasteiger partial charge < -0.3 is 9.64 Å². The molecule has 4 heteroatoms. The molecule has 0 saturated carbocycles. The van der Waals surface area contributed by atoms with Crippen molar-refractivity contribution >= 4 is 27.1 Å². The highest BCUT2D eigenvalue weighted by molar-refractivity contribution is 7.16. The third kappa shape index (κ3) is 3.12. The van der Waals surface area contributed by atoms with E-state index in [0.29, 0.717) is 12.1 Å². The van der Waals surface area contributed by atoms with E-state index in [1.165, 1.54) is 0 Å². The van der Waals surface area contributed by atoms with Gasteiger partial charge >= 0.3 is 0 Å². The molecule has 0 N–H and O–H groups in total. The molecular weight excluding hydrogens is 294 g/mol. The number of rotatable bonds is 6. The van der Waals surface area contributed by atoms with Crippen molar-refractivity contribution in [2.24, 2.45) is 0 Å². The summed E-state index contributed by atoms with van der Waals surface area (Å²) in [5.74, 6) is 0.729. The van der Waals surface area contributed by atoms with E-state index < -0.39 is 0 Å². The van der Waals surface area contributed by atoms with E-state index in [9.17, 15) is 4.79 Å². The minimum atomic E-state index is 0.105. The second-order valence-corrected chi connectivity index (χ2v) is 6.65. The second kappa shape index (κ2) is 7.14. The first-order valence-corrected chi connectivity index (χ1v) is 8.79. The van der Waals surface area contributed by atoms with Gasteiger partial charge in [0.05, 0.1) is 12.8 Å². The van der Waals surface area contributed by atoms with Crippen LogP contribution in [0.4, 0.5) is 5.69 Å². The average molecular weight is 319 g/mol. The molecule has 120 valence electrons. The predicted molar refractivity (Wildman–Crippen MR) is 96.6 cm³/mol. The summed E-state index contributed by atoms with van der Waals surface area (Å²) < 4.78 is 6.27. The molecule has 0 unspecified atom stereocenters. The average Bonchev–Trinajstić information content (AvgIpc) is 2.56. The van der Waals surface area contributed by atoms with E-state index in [1.54, 1.807) is 18.4 Å². The van der Waals surface area contributed by atoms with Gasteiger partial charge in [0.1, 0.15) is 5.75 Å². The van der Waals surface area contributed by atoms with Gasteiger partial charge in [-0.3, -0.25) is 4.79 Å². The zero-order valence-corrected chi connectivity index (χ0v) is 14.9. The van der Waals surface area contributed by atoms with Crippen molar-refractivity contribution in [2.75, 3.05) is 12.0 Å². The van der Waals surface area contributed by atoms with Crippen LogP contribution in [0, 0.1) is 0 Å². The summed E-state index contributed by atoms with van der Waals surface area (Å²) in [6, 6.07) is 6.40. The number of nitrogens with zero attached hydrogens (tertiary/aromatic N) is 1. The standard InChI is InChI=1S/C18H25NO2S/c1-6-12(3)19(13(4)7-2)16-11-22-17-9-8-14(21-5)10-15(17)18(16)20/h8-13H,6-7H2,1-5H3/t12-,13-/m1/s1. The molecule has 0 fully saturated rings. The molecule has 0 aliphatic rings. The van der Waals surface area contributed by atoms with Crippen LogP contribution in [0.1, 0.15) is 40.5 Å². The number of anilines is 1. The van der Waals surface area contributed by atoms with Crippen LogP contribution in [0.25, 0.3) is 10.1 Å². The van der Waals surface area contributed by atoms with Gasteiger partial charge in [0, 0.05) is 27.5 Å². The molecule has 2 atom stereocenters. The minimum absolute atomic E-state index is 0.105. The lowest BCUT2D eigenvalue weighted by Gasteiger charge is -2.35. The highest BCUT2D eigenvalue weighted by Crippen LogP contribution is 2.27. The van der Waals surface area contributed by atoms with Crippen LogP contribution in [0.5, 0.6) is 5.75 Å². The van der Waals surface area contributed by atoms with E-state index >= 15 is 0 Å². The Hall–Kier alpha value is -1.55. The van der Waals surface area contributed by atoms with Gasteiger partial charge in [-0.15, -0.1) is 11.3 Å². The molecule has 2 aromatic rings. The lowest BCUT2D eigenvalue weighted by atomic mass is 10.1.